The summed E-state index contributed by atoms with van der Waals surface area (Å²) >= 11 is 11.9. The van der Waals surface area contributed by atoms with Crippen LogP contribution in [0.3, 0.4) is 0 Å². The molecule has 0 spiro atoms. The molecule has 0 saturated heterocycles. The summed E-state index contributed by atoms with van der Waals surface area (Å²) in [5.41, 5.74) is -0.478. The summed E-state index contributed by atoms with van der Waals surface area (Å²) in [5, 5.41) is 7.22. The van der Waals surface area contributed by atoms with Gasteiger partial charge in [-0.1, -0.05) is 41.2 Å². The van der Waals surface area contributed by atoms with E-state index in [-0.39, 0.29) is 21.2 Å². The first kappa shape index (κ1) is 18.9. The third-order valence-corrected chi connectivity index (χ3v) is 5.83. The number of imide groups is 1. The number of carbonyl (C=O) groups is 3. The van der Waals surface area contributed by atoms with Crippen molar-refractivity contribution in [3.05, 3.63) is 45.0 Å². The predicted molar refractivity (Wildman–Crippen MR) is 99.2 cm³/mol. The van der Waals surface area contributed by atoms with Crippen molar-refractivity contribution in [1.82, 2.24) is 20.4 Å². The largest absolute Gasteiger partial charge is 0.342 e. The fraction of sp³-hybridized carbons (Fsp3) is 0.389. The lowest BCUT2D eigenvalue weighted by Crippen LogP contribution is -2.49. The molecular weight excluding hydrogens is 407 g/mol. The second-order valence-corrected chi connectivity index (χ2v) is 7.80. The third-order valence-electron chi connectivity index (χ3n) is 5.10. The summed E-state index contributed by atoms with van der Waals surface area (Å²) in [7, 11) is 0. The monoisotopic (exact) mass is 422 g/mol. The molecule has 2 aromatic rings. The van der Waals surface area contributed by atoms with Crippen molar-refractivity contribution < 1.29 is 18.9 Å². The van der Waals surface area contributed by atoms with Crippen molar-refractivity contribution in [2.75, 3.05) is 6.54 Å². The van der Waals surface area contributed by atoms with E-state index < -0.39 is 29.8 Å². The van der Waals surface area contributed by atoms with Crippen LogP contribution < -0.4 is 5.32 Å². The van der Waals surface area contributed by atoms with Crippen LogP contribution in [0.5, 0.6) is 0 Å². The number of amides is 3. The molecular formula is C18H16Cl2N4O4. The number of rotatable bonds is 4. The highest BCUT2D eigenvalue weighted by molar-refractivity contribution is 6.43. The van der Waals surface area contributed by atoms with Crippen LogP contribution in [0.2, 0.25) is 10.0 Å². The highest BCUT2D eigenvalue weighted by Crippen LogP contribution is 2.37. The molecule has 1 fully saturated rings. The SMILES string of the molecule is Cc1nc(C2(NC(=O)CN3C(=O)c4cc(Cl)c(Cl)cc4C3=O)CCCC2)no1. The maximum absolute atomic E-state index is 12.7. The summed E-state index contributed by atoms with van der Waals surface area (Å²) < 4.78 is 5.06. The molecule has 28 heavy (non-hydrogen) atoms. The molecule has 3 amide bonds. The fourth-order valence-electron chi connectivity index (χ4n) is 3.75. The average Bonchev–Trinajstić information content (AvgIpc) is 3.34. The number of halogens is 2. The van der Waals surface area contributed by atoms with Gasteiger partial charge in [0.05, 0.1) is 21.2 Å². The molecule has 1 N–H and O–H groups in total. The molecule has 10 heteroatoms. The van der Waals surface area contributed by atoms with Gasteiger partial charge in [-0.3, -0.25) is 19.3 Å². The van der Waals surface area contributed by atoms with Crippen molar-refractivity contribution in [1.29, 1.82) is 0 Å². The molecule has 1 saturated carbocycles. The van der Waals surface area contributed by atoms with Gasteiger partial charge in [0, 0.05) is 6.92 Å². The van der Waals surface area contributed by atoms with Gasteiger partial charge in [-0.15, -0.1) is 0 Å². The van der Waals surface area contributed by atoms with E-state index in [2.05, 4.69) is 15.5 Å². The van der Waals surface area contributed by atoms with Gasteiger partial charge in [-0.2, -0.15) is 4.98 Å². The third kappa shape index (κ3) is 3.06. The van der Waals surface area contributed by atoms with E-state index in [0.717, 1.165) is 17.7 Å². The van der Waals surface area contributed by atoms with Crippen molar-refractivity contribution in [2.45, 2.75) is 38.1 Å². The van der Waals surface area contributed by atoms with Crippen LogP contribution in [0.1, 0.15) is 58.1 Å². The van der Waals surface area contributed by atoms with Crippen molar-refractivity contribution in [3.63, 3.8) is 0 Å². The Balaban J connectivity index is 1.54. The van der Waals surface area contributed by atoms with Gasteiger partial charge in [-0.05, 0) is 25.0 Å². The van der Waals surface area contributed by atoms with Crippen LogP contribution in [0.4, 0.5) is 0 Å². The molecule has 1 aromatic carbocycles. The van der Waals surface area contributed by atoms with Crippen LogP contribution in [0.25, 0.3) is 0 Å². The van der Waals surface area contributed by atoms with Gasteiger partial charge in [0.1, 0.15) is 12.1 Å². The number of aromatic nitrogens is 2. The van der Waals surface area contributed by atoms with Crippen molar-refractivity contribution in [2.24, 2.45) is 0 Å². The van der Waals surface area contributed by atoms with Crippen LogP contribution >= 0.6 is 23.2 Å². The smallest absolute Gasteiger partial charge is 0.262 e. The highest BCUT2D eigenvalue weighted by Gasteiger charge is 2.43. The lowest BCUT2D eigenvalue weighted by molar-refractivity contribution is -0.123. The average molecular weight is 423 g/mol. The number of benzene rings is 1. The van der Waals surface area contributed by atoms with E-state index in [4.69, 9.17) is 27.7 Å². The fourth-order valence-corrected chi connectivity index (χ4v) is 4.08. The van der Waals surface area contributed by atoms with E-state index in [1.54, 1.807) is 6.92 Å². The van der Waals surface area contributed by atoms with Gasteiger partial charge in [0.2, 0.25) is 11.8 Å². The lowest BCUT2D eigenvalue weighted by Gasteiger charge is -2.27. The highest BCUT2D eigenvalue weighted by atomic mass is 35.5. The minimum absolute atomic E-state index is 0.136. The minimum Gasteiger partial charge on any atom is -0.342 e. The number of fused-ring (bicyclic) bond motifs is 1. The molecule has 146 valence electrons. The predicted octanol–water partition coefficient (Wildman–Crippen LogP) is 2.87. The molecule has 2 aliphatic rings. The maximum Gasteiger partial charge on any atom is 0.262 e. The normalized spacial score (nSPS) is 17.9. The van der Waals surface area contributed by atoms with Crippen LogP contribution in [-0.4, -0.2) is 39.3 Å². The van der Waals surface area contributed by atoms with Gasteiger partial charge in [0.25, 0.3) is 11.8 Å². The standard InChI is InChI=1S/C18H16Cl2N4O4/c1-9-21-17(23-28-9)18(4-2-3-5-18)22-14(25)8-24-15(26)10-6-12(19)13(20)7-11(10)16(24)27/h6-7H,2-5,8H2,1H3,(H,22,25). The molecule has 0 bridgehead atoms. The molecule has 1 aliphatic carbocycles. The summed E-state index contributed by atoms with van der Waals surface area (Å²) in [6.07, 6.45) is 3.12. The maximum atomic E-state index is 12.7. The lowest BCUT2D eigenvalue weighted by atomic mass is 9.96. The molecule has 1 aliphatic heterocycles. The Morgan fingerprint density at radius 3 is 2.25 bits per heavy atom. The Hall–Kier alpha value is -2.45. The summed E-state index contributed by atoms with van der Waals surface area (Å²) in [4.78, 5) is 43.0. The molecule has 0 atom stereocenters. The van der Waals surface area contributed by atoms with Gasteiger partial charge >= 0.3 is 0 Å². The number of hydrogen-bond donors (Lipinski definition) is 1. The Morgan fingerprint density at radius 1 is 1.18 bits per heavy atom. The summed E-state index contributed by atoms with van der Waals surface area (Å²) in [5.74, 6) is -0.813. The molecule has 0 unspecified atom stereocenters. The van der Waals surface area contributed by atoms with E-state index in [0.29, 0.717) is 24.6 Å². The van der Waals surface area contributed by atoms with E-state index in [9.17, 15) is 14.4 Å². The van der Waals surface area contributed by atoms with E-state index >= 15 is 0 Å². The van der Waals surface area contributed by atoms with Crippen LogP contribution in [-0.2, 0) is 10.3 Å². The van der Waals surface area contributed by atoms with Gasteiger partial charge < -0.3 is 9.84 Å². The first-order valence-electron chi connectivity index (χ1n) is 8.78. The van der Waals surface area contributed by atoms with Crippen LogP contribution in [0, 0.1) is 6.92 Å². The van der Waals surface area contributed by atoms with E-state index in [1.807, 2.05) is 0 Å². The molecule has 8 nitrogen and oxygen atoms in total. The first-order chi connectivity index (χ1) is 13.3. The summed E-state index contributed by atoms with van der Waals surface area (Å²) in [6, 6.07) is 2.69. The Labute approximate surface area is 170 Å². The second kappa shape index (κ2) is 6.86. The Morgan fingerprint density at radius 2 is 1.75 bits per heavy atom. The number of nitrogens with one attached hydrogen (secondary N) is 1. The number of aryl methyl sites for hydroxylation is 1. The molecule has 4 rings (SSSR count). The number of carbonyl (C=O) groups excluding carboxylic acids is 3. The second-order valence-electron chi connectivity index (χ2n) is 6.98. The molecule has 2 heterocycles. The molecule has 1 aromatic heterocycles. The topological polar surface area (TPSA) is 105 Å². The first-order valence-corrected chi connectivity index (χ1v) is 9.53. The Kier molecular flexibility index (Phi) is 4.63. The quantitative estimate of drug-likeness (QED) is 0.759. The van der Waals surface area contributed by atoms with Gasteiger partial charge in [-0.25, -0.2) is 0 Å². The van der Waals surface area contributed by atoms with E-state index in [1.165, 1.54) is 12.1 Å². The Bertz CT molecular complexity index is 956. The van der Waals surface area contributed by atoms with Crippen molar-refractivity contribution in [3.8, 4) is 0 Å². The molecule has 0 radical (unpaired) electrons. The number of nitrogens with zero attached hydrogens (tertiary/aromatic N) is 3. The number of hydrogen-bond acceptors (Lipinski definition) is 6. The van der Waals surface area contributed by atoms with Gasteiger partial charge in [0.15, 0.2) is 5.82 Å². The summed E-state index contributed by atoms with van der Waals surface area (Å²) in [6.45, 7) is 1.26. The van der Waals surface area contributed by atoms with Crippen LogP contribution in [0.15, 0.2) is 16.7 Å². The zero-order valence-corrected chi connectivity index (χ0v) is 16.4. The van der Waals surface area contributed by atoms with Crippen molar-refractivity contribution >= 4 is 40.9 Å². The minimum atomic E-state index is -0.750. The zero-order chi connectivity index (χ0) is 20.1. The zero-order valence-electron chi connectivity index (χ0n) is 14.9.